The molecule has 0 aliphatic carbocycles. The molecule has 3 aromatic carbocycles. The number of hydrogen-bond acceptors (Lipinski definition) is 3. The average Bonchev–Trinajstić information content (AvgIpc) is 2.73. The van der Waals surface area contributed by atoms with Crippen LogP contribution in [0.3, 0.4) is 0 Å². The Hall–Kier alpha value is -2.55. The highest BCUT2D eigenvalue weighted by Crippen LogP contribution is 2.24. The van der Waals surface area contributed by atoms with Crippen LogP contribution in [0.4, 0.5) is 0 Å². The standard InChI is InChI=1S/C22H22N2O3S3/c1-4-28(20-8-6-5-7-9-20)23-29(25,21-14-10-18(2)11-15-21)24-30(26,27)22-16-12-19(3)13-17-22/h4-17H,1H2,2-3H3. The van der Waals surface area contributed by atoms with Crippen LogP contribution in [-0.2, 0) is 30.6 Å². The highest BCUT2D eigenvalue weighted by atomic mass is 32.3. The summed E-state index contributed by atoms with van der Waals surface area (Å²) in [5.74, 6) is 0. The SMILES string of the molecule is C=CS(=NS(=O)(=NS(=O)(=O)c1ccc(C)cc1)c1ccc(C)cc1)c1ccccc1. The van der Waals surface area contributed by atoms with E-state index >= 15 is 0 Å². The van der Waals surface area contributed by atoms with E-state index in [1.54, 1.807) is 41.8 Å². The summed E-state index contributed by atoms with van der Waals surface area (Å²) in [6.45, 7) is 7.54. The highest BCUT2D eigenvalue weighted by Gasteiger charge is 2.21. The molecule has 2 atom stereocenters. The Balaban J connectivity index is 2.27. The first-order valence-corrected chi connectivity index (χ1v) is 13.2. The van der Waals surface area contributed by atoms with Gasteiger partial charge in [0.15, 0.2) is 0 Å². The van der Waals surface area contributed by atoms with Gasteiger partial charge in [0.25, 0.3) is 10.0 Å². The van der Waals surface area contributed by atoms with Crippen molar-refractivity contribution >= 4 is 30.6 Å². The van der Waals surface area contributed by atoms with E-state index in [2.05, 4.69) is 14.1 Å². The van der Waals surface area contributed by atoms with Crippen molar-refractivity contribution in [3.05, 3.63) is 102 Å². The van der Waals surface area contributed by atoms with Gasteiger partial charge in [-0.25, -0.2) is 4.21 Å². The summed E-state index contributed by atoms with van der Waals surface area (Å²) in [7, 11) is -8.87. The average molecular weight is 459 g/mol. The maximum absolute atomic E-state index is 13.9. The molecule has 156 valence electrons. The first kappa shape index (κ1) is 22.1. The van der Waals surface area contributed by atoms with Gasteiger partial charge in [0.05, 0.1) is 9.79 Å². The molecule has 8 heteroatoms. The van der Waals surface area contributed by atoms with Crippen molar-refractivity contribution in [3.63, 3.8) is 0 Å². The van der Waals surface area contributed by atoms with Crippen LogP contribution in [0.2, 0.25) is 0 Å². The molecule has 3 rings (SSSR count). The van der Waals surface area contributed by atoms with Crippen molar-refractivity contribution in [1.29, 1.82) is 0 Å². The summed E-state index contributed by atoms with van der Waals surface area (Å²) in [5.41, 5.74) is 1.86. The molecule has 0 fully saturated rings. The van der Waals surface area contributed by atoms with E-state index in [-0.39, 0.29) is 9.79 Å². The third-order valence-electron chi connectivity index (χ3n) is 4.17. The number of benzene rings is 3. The van der Waals surface area contributed by atoms with E-state index in [1.165, 1.54) is 12.1 Å². The molecule has 0 amide bonds. The molecule has 0 bridgehead atoms. The molecule has 0 saturated carbocycles. The third-order valence-corrected chi connectivity index (χ3v) is 10.0. The molecular weight excluding hydrogens is 436 g/mol. The fourth-order valence-electron chi connectivity index (χ4n) is 2.54. The quantitative estimate of drug-likeness (QED) is 0.494. The summed E-state index contributed by atoms with van der Waals surface area (Å²) in [6.07, 6.45) is 0. The molecule has 0 heterocycles. The number of sulfonamides is 1. The summed E-state index contributed by atoms with van der Waals surface area (Å²) in [5, 5.41) is 1.55. The number of aryl methyl sites for hydroxylation is 2. The topological polar surface area (TPSA) is 75.9 Å². The van der Waals surface area contributed by atoms with E-state index in [0.717, 1.165) is 16.0 Å². The number of rotatable bonds is 6. The van der Waals surface area contributed by atoms with Gasteiger partial charge in [-0.3, -0.25) is 0 Å². The lowest BCUT2D eigenvalue weighted by Crippen LogP contribution is -2.06. The van der Waals surface area contributed by atoms with Crippen LogP contribution < -0.4 is 0 Å². The zero-order valence-corrected chi connectivity index (χ0v) is 19.1. The van der Waals surface area contributed by atoms with E-state index in [0.29, 0.717) is 0 Å². The second kappa shape index (κ2) is 9.07. The number of hydrogen-bond donors (Lipinski definition) is 0. The van der Waals surface area contributed by atoms with Crippen LogP contribution in [0, 0.1) is 13.8 Å². The summed E-state index contributed by atoms with van der Waals surface area (Å²) in [4.78, 5) is 0.982. The lowest BCUT2D eigenvalue weighted by Gasteiger charge is -2.09. The zero-order valence-electron chi connectivity index (χ0n) is 16.6. The lowest BCUT2D eigenvalue weighted by atomic mass is 10.2. The van der Waals surface area contributed by atoms with Gasteiger partial charge < -0.3 is 0 Å². The van der Waals surface area contributed by atoms with Gasteiger partial charge in [-0.05, 0) is 66.3 Å². The maximum atomic E-state index is 13.9. The molecule has 30 heavy (non-hydrogen) atoms. The lowest BCUT2D eigenvalue weighted by molar-refractivity contribution is 0.598. The van der Waals surface area contributed by atoms with Crippen LogP contribution >= 0.6 is 0 Å². The molecule has 0 aromatic heterocycles. The molecule has 0 N–H and O–H groups in total. The second-order valence-corrected chi connectivity index (χ2v) is 12.1. The van der Waals surface area contributed by atoms with E-state index < -0.39 is 30.6 Å². The van der Waals surface area contributed by atoms with E-state index in [1.807, 2.05) is 44.2 Å². The molecule has 3 aromatic rings. The molecular formula is C22H22N2O3S3. The monoisotopic (exact) mass is 458 g/mol. The third kappa shape index (κ3) is 5.13. The van der Waals surface area contributed by atoms with Crippen molar-refractivity contribution < 1.29 is 12.6 Å². The van der Waals surface area contributed by atoms with Crippen molar-refractivity contribution in [2.24, 2.45) is 7.54 Å². The molecule has 0 aliphatic rings. The minimum absolute atomic E-state index is 0.0265. The fraction of sp³-hybridized carbons (Fsp3) is 0.0909. The largest absolute Gasteiger partial charge is 0.291 e. The molecule has 0 saturated heterocycles. The van der Waals surface area contributed by atoms with Gasteiger partial charge >= 0.3 is 0 Å². The van der Waals surface area contributed by atoms with Crippen LogP contribution in [0.15, 0.2) is 113 Å². The van der Waals surface area contributed by atoms with Crippen molar-refractivity contribution in [2.45, 2.75) is 28.5 Å². The van der Waals surface area contributed by atoms with Gasteiger partial charge in [0, 0.05) is 4.90 Å². The Kier molecular flexibility index (Phi) is 6.70. The Morgan fingerprint density at radius 1 is 0.767 bits per heavy atom. The first-order valence-electron chi connectivity index (χ1n) is 9.04. The first-order chi connectivity index (χ1) is 14.2. The number of nitrogens with zero attached hydrogens (tertiary/aromatic N) is 2. The van der Waals surface area contributed by atoms with Crippen molar-refractivity contribution in [3.8, 4) is 0 Å². The Bertz CT molecular complexity index is 1300. The summed E-state index contributed by atoms with van der Waals surface area (Å²) in [6, 6.07) is 22.2. The van der Waals surface area contributed by atoms with Gasteiger partial charge in [-0.15, -0.1) is 3.77 Å². The van der Waals surface area contributed by atoms with Crippen LogP contribution in [0.1, 0.15) is 11.1 Å². The molecule has 2 unspecified atom stereocenters. The van der Waals surface area contributed by atoms with Crippen molar-refractivity contribution in [1.82, 2.24) is 0 Å². The summed E-state index contributed by atoms with van der Waals surface area (Å²) < 4.78 is 48.2. The van der Waals surface area contributed by atoms with Gasteiger partial charge in [0.2, 0.25) is 9.92 Å². The Morgan fingerprint density at radius 2 is 1.27 bits per heavy atom. The maximum Gasteiger partial charge on any atom is 0.291 e. The minimum Gasteiger partial charge on any atom is -0.219 e. The molecule has 0 spiro atoms. The van der Waals surface area contributed by atoms with E-state index in [9.17, 15) is 12.6 Å². The predicted molar refractivity (Wildman–Crippen MR) is 123 cm³/mol. The van der Waals surface area contributed by atoms with Crippen LogP contribution in [0.25, 0.3) is 0 Å². The normalized spacial score (nSPS) is 14.6. The predicted octanol–water partition coefficient (Wildman–Crippen LogP) is 5.44. The Labute approximate surface area is 181 Å². The Morgan fingerprint density at radius 3 is 1.77 bits per heavy atom. The smallest absolute Gasteiger partial charge is 0.219 e. The molecule has 5 nitrogen and oxygen atoms in total. The van der Waals surface area contributed by atoms with Crippen LogP contribution in [0.5, 0.6) is 0 Å². The second-order valence-electron chi connectivity index (χ2n) is 6.54. The molecule has 0 radical (unpaired) electrons. The highest BCUT2D eigenvalue weighted by molar-refractivity contribution is 8.07. The van der Waals surface area contributed by atoms with Gasteiger partial charge in [-0.2, -0.15) is 8.42 Å². The summed E-state index contributed by atoms with van der Waals surface area (Å²) >= 11 is 0. The van der Waals surface area contributed by atoms with Gasteiger partial charge in [-0.1, -0.05) is 63.9 Å². The minimum atomic E-state index is -4.20. The molecule has 0 aliphatic heterocycles. The van der Waals surface area contributed by atoms with Crippen LogP contribution in [-0.4, -0.2) is 12.6 Å². The fourth-order valence-corrected chi connectivity index (χ4v) is 8.05. The van der Waals surface area contributed by atoms with Crippen molar-refractivity contribution in [2.75, 3.05) is 0 Å². The zero-order chi connectivity index (χ0) is 21.8. The van der Waals surface area contributed by atoms with Gasteiger partial charge in [0.1, 0.15) is 0 Å². The van der Waals surface area contributed by atoms with E-state index in [4.69, 9.17) is 0 Å².